The van der Waals surface area contributed by atoms with Crippen molar-refractivity contribution in [3.8, 4) is 0 Å². The molecule has 1 aromatic heterocycles. The van der Waals surface area contributed by atoms with Crippen molar-refractivity contribution < 1.29 is 19.0 Å². The summed E-state index contributed by atoms with van der Waals surface area (Å²) in [7, 11) is 0. The van der Waals surface area contributed by atoms with E-state index in [0.29, 0.717) is 15.4 Å². The average Bonchev–Trinajstić information content (AvgIpc) is 2.74. The first kappa shape index (κ1) is 15.8. The van der Waals surface area contributed by atoms with Gasteiger partial charge in [-0.1, -0.05) is 16.8 Å². The molecule has 0 atom stereocenters. The van der Waals surface area contributed by atoms with Gasteiger partial charge in [0.1, 0.15) is 0 Å². The van der Waals surface area contributed by atoms with Crippen molar-refractivity contribution in [1.82, 2.24) is 10.0 Å². The number of carbonyl (C=O) groups excluding carboxylic acids is 2. The van der Waals surface area contributed by atoms with Crippen LogP contribution in [0.3, 0.4) is 0 Å². The van der Waals surface area contributed by atoms with E-state index in [2.05, 4.69) is 5.21 Å². The van der Waals surface area contributed by atoms with Gasteiger partial charge in [0.05, 0.1) is 6.61 Å². The van der Waals surface area contributed by atoms with Crippen LogP contribution in [-0.4, -0.2) is 28.4 Å². The number of ether oxygens (including phenoxy) is 1. The molecule has 0 aliphatic carbocycles. The van der Waals surface area contributed by atoms with Gasteiger partial charge in [-0.25, -0.2) is 15.4 Å². The van der Waals surface area contributed by atoms with Crippen molar-refractivity contribution >= 4 is 23.4 Å². The summed E-state index contributed by atoms with van der Waals surface area (Å²) in [5.41, 5.74) is -0.730. The second kappa shape index (κ2) is 6.44. The molecule has 0 saturated heterocycles. The van der Waals surface area contributed by atoms with Gasteiger partial charge in [0.25, 0.3) is 0 Å². The monoisotopic (exact) mass is 325 g/mol. The number of nitrogens with one attached hydrogen (secondary N) is 1. The number of hydrogen-bond acceptors (Lipinski definition) is 5. The number of rotatable bonds is 5. The number of ketones is 1. The number of esters is 1. The molecule has 22 heavy (non-hydrogen) atoms. The van der Waals surface area contributed by atoms with Crippen molar-refractivity contribution in [2.75, 3.05) is 12.4 Å². The lowest BCUT2D eigenvalue weighted by Crippen LogP contribution is -2.46. The predicted octanol–water partition coefficient (Wildman–Crippen LogP) is -0.109. The molecule has 1 aromatic carbocycles. The lowest BCUT2D eigenvalue weighted by atomic mass is 10.1. The maximum absolute atomic E-state index is 12.2. The van der Waals surface area contributed by atoms with Crippen LogP contribution >= 0.6 is 11.6 Å². The molecule has 0 radical (unpaired) electrons. The van der Waals surface area contributed by atoms with E-state index in [9.17, 15) is 14.4 Å². The fourth-order valence-corrected chi connectivity index (χ4v) is 1.96. The maximum Gasteiger partial charge on any atom is 0.431 e. The smallest absolute Gasteiger partial charge is 0.431 e. The van der Waals surface area contributed by atoms with Gasteiger partial charge in [-0.05, 0) is 36.0 Å². The van der Waals surface area contributed by atoms with Gasteiger partial charge in [-0.3, -0.25) is 4.79 Å². The van der Waals surface area contributed by atoms with Gasteiger partial charge in [0.15, 0.2) is 6.54 Å². The quantitative estimate of drug-likeness (QED) is 0.345. The summed E-state index contributed by atoms with van der Waals surface area (Å²) in [4.78, 5) is 36.4. The molecule has 1 heterocycles. The minimum absolute atomic E-state index is 0.0964. The van der Waals surface area contributed by atoms with E-state index in [1.165, 1.54) is 0 Å². The Kier molecular flexibility index (Phi) is 4.62. The highest BCUT2D eigenvalue weighted by Gasteiger charge is 2.30. The summed E-state index contributed by atoms with van der Waals surface area (Å²) >= 11 is 5.76. The number of nitrogens with two attached hydrogens (primary N) is 1. The summed E-state index contributed by atoms with van der Waals surface area (Å²) in [6, 6.07) is 6.24. The summed E-state index contributed by atoms with van der Waals surface area (Å²) in [6.07, 6.45) is 0. The molecule has 3 N–H and O–H groups in total. The molecule has 0 bridgehead atoms. The third-order valence-electron chi connectivity index (χ3n) is 2.86. The maximum atomic E-state index is 12.2. The number of halogens is 1. The molecule has 0 fully saturated rings. The number of aromatic nitrogens is 3. The molecule has 0 aliphatic heterocycles. The Labute approximate surface area is 130 Å². The van der Waals surface area contributed by atoms with Crippen LogP contribution in [0.25, 0.3) is 0 Å². The Morgan fingerprint density at radius 2 is 2.00 bits per heavy atom. The lowest BCUT2D eigenvalue weighted by Gasteiger charge is -2.01. The third-order valence-corrected chi connectivity index (χ3v) is 3.11. The SMILES string of the molecule is CCOC(=O)c1c(=O)n(N)[nH][n+]1CC(=O)c1ccc(Cl)cc1. The molecular formula is C13H14ClN4O4+. The van der Waals surface area contributed by atoms with Crippen molar-refractivity contribution in [3.63, 3.8) is 0 Å². The average molecular weight is 326 g/mol. The summed E-state index contributed by atoms with van der Waals surface area (Å²) in [6.45, 7) is 1.43. The number of carbonyl (C=O) groups is 2. The van der Waals surface area contributed by atoms with Crippen LogP contribution in [0, 0.1) is 0 Å². The molecule has 0 saturated carbocycles. The van der Waals surface area contributed by atoms with Crippen molar-refractivity contribution in [1.29, 1.82) is 0 Å². The largest absolute Gasteiger partial charge is 0.459 e. The molecule has 0 amide bonds. The summed E-state index contributed by atoms with van der Waals surface area (Å²) in [5.74, 6) is 4.23. The highest BCUT2D eigenvalue weighted by atomic mass is 35.5. The molecule has 8 nitrogen and oxygen atoms in total. The first-order chi connectivity index (χ1) is 10.4. The molecule has 116 valence electrons. The number of benzene rings is 1. The van der Waals surface area contributed by atoms with Crippen molar-refractivity contribution in [2.24, 2.45) is 0 Å². The Balaban J connectivity index is 2.31. The number of nitrogens with zero attached hydrogens (tertiary/aromatic N) is 2. The summed E-state index contributed by atoms with van der Waals surface area (Å²) in [5, 5.41) is 2.91. The zero-order valence-corrected chi connectivity index (χ0v) is 12.5. The van der Waals surface area contributed by atoms with Crippen LogP contribution in [0.2, 0.25) is 5.02 Å². The van der Waals surface area contributed by atoms with E-state index in [-0.39, 0.29) is 24.6 Å². The van der Waals surface area contributed by atoms with Gasteiger partial charge >= 0.3 is 17.2 Å². The highest BCUT2D eigenvalue weighted by molar-refractivity contribution is 6.30. The number of hydrogen-bond donors (Lipinski definition) is 2. The number of Topliss-reactive ketones (excluding diaryl/α,β-unsaturated/α-hetero) is 1. The zero-order valence-electron chi connectivity index (χ0n) is 11.7. The first-order valence-electron chi connectivity index (χ1n) is 6.40. The number of aromatic amines is 1. The zero-order chi connectivity index (χ0) is 16.3. The minimum atomic E-state index is -0.850. The summed E-state index contributed by atoms with van der Waals surface area (Å²) < 4.78 is 5.84. The van der Waals surface area contributed by atoms with Crippen LogP contribution in [0.4, 0.5) is 0 Å². The normalized spacial score (nSPS) is 10.5. The Morgan fingerprint density at radius 1 is 1.36 bits per heavy atom. The first-order valence-corrected chi connectivity index (χ1v) is 6.77. The highest BCUT2D eigenvalue weighted by Crippen LogP contribution is 2.09. The Hall–Kier alpha value is -2.61. The molecule has 0 unspecified atom stereocenters. The predicted molar refractivity (Wildman–Crippen MR) is 77.1 cm³/mol. The minimum Gasteiger partial charge on any atom is -0.459 e. The van der Waals surface area contributed by atoms with Crippen molar-refractivity contribution in [3.05, 3.63) is 50.9 Å². The molecule has 0 spiro atoms. The fourth-order valence-electron chi connectivity index (χ4n) is 1.84. The van der Waals surface area contributed by atoms with E-state index in [4.69, 9.17) is 22.2 Å². The van der Waals surface area contributed by atoms with Gasteiger partial charge in [0, 0.05) is 10.6 Å². The molecule has 2 rings (SSSR count). The standard InChI is InChI=1S/C13H13ClN4O4/c1-2-22-13(21)11-12(20)18(15)16-17(11)7-10(19)8-3-5-9(14)6-4-8/h3-6H,2,7H2,1H3,(H2-,15,16,20,21)/p+1. The molecular weight excluding hydrogens is 312 g/mol. The Bertz CT molecular complexity index is 763. The van der Waals surface area contributed by atoms with Crippen molar-refractivity contribution in [2.45, 2.75) is 13.5 Å². The van der Waals surface area contributed by atoms with Crippen LogP contribution in [0.1, 0.15) is 27.8 Å². The topological polar surface area (TPSA) is 111 Å². The fraction of sp³-hybridized carbons (Fsp3) is 0.231. The number of nitrogen functional groups attached to an aromatic ring is 1. The molecule has 9 heteroatoms. The number of H-pyrrole nitrogens is 1. The van der Waals surface area contributed by atoms with Crippen LogP contribution in [-0.2, 0) is 11.3 Å². The lowest BCUT2D eigenvalue weighted by molar-refractivity contribution is -0.744. The van der Waals surface area contributed by atoms with E-state index in [1.807, 2.05) is 0 Å². The van der Waals surface area contributed by atoms with E-state index >= 15 is 0 Å². The second-order valence-corrected chi connectivity index (χ2v) is 4.80. The Morgan fingerprint density at radius 3 is 2.59 bits per heavy atom. The van der Waals surface area contributed by atoms with Crippen LogP contribution in [0.15, 0.2) is 29.1 Å². The van der Waals surface area contributed by atoms with Gasteiger partial charge < -0.3 is 4.74 Å². The molecule has 0 aliphatic rings. The van der Waals surface area contributed by atoms with Gasteiger partial charge in [0.2, 0.25) is 5.78 Å². The van der Waals surface area contributed by atoms with Gasteiger partial charge in [-0.15, -0.1) is 4.68 Å². The van der Waals surface area contributed by atoms with E-state index in [0.717, 1.165) is 4.68 Å². The van der Waals surface area contributed by atoms with Gasteiger partial charge in [-0.2, -0.15) is 0 Å². The van der Waals surface area contributed by atoms with Crippen LogP contribution in [0.5, 0.6) is 0 Å². The van der Waals surface area contributed by atoms with E-state index < -0.39 is 11.5 Å². The van der Waals surface area contributed by atoms with Crippen LogP contribution < -0.4 is 16.1 Å². The second-order valence-electron chi connectivity index (χ2n) is 4.36. The van der Waals surface area contributed by atoms with E-state index in [1.54, 1.807) is 31.2 Å². The molecule has 2 aromatic rings. The third kappa shape index (κ3) is 3.17.